The topological polar surface area (TPSA) is 77.1 Å². The molecule has 6 nitrogen and oxygen atoms in total. The van der Waals surface area contributed by atoms with Gasteiger partial charge in [0, 0.05) is 12.6 Å². The van der Waals surface area contributed by atoms with Gasteiger partial charge < -0.3 is 9.47 Å². The lowest BCUT2D eigenvalue weighted by atomic mass is 9.97. The zero-order valence-corrected chi connectivity index (χ0v) is 17.3. The number of rotatable bonds is 7. The zero-order chi connectivity index (χ0) is 20.1. The molecule has 1 aromatic heterocycles. The van der Waals surface area contributed by atoms with Crippen molar-refractivity contribution in [2.24, 2.45) is 0 Å². The number of nitrogens with zero attached hydrogens (tertiary/aromatic N) is 3. The summed E-state index contributed by atoms with van der Waals surface area (Å²) < 4.78 is 12.4. The van der Waals surface area contributed by atoms with Crippen molar-refractivity contribution in [2.75, 3.05) is 14.2 Å². The molecule has 0 bridgehead atoms. The molecule has 0 amide bonds. The lowest BCUT2D eigenvalue weighted by Crippen LogP contribution is -2.24. The molecule has 28 heavy (non-hydrogen) atoms. The van der Waals surface area contributed by atoms with Crippen LogP contribution < -0.4 is 15.0 Å². The van der Waals surface area contributed by atoms with Gasteiger partial charge in [-0.3, -0.25) is 9.36 Å². The Bertz CT molecular complexity index is 991. The van der Waals surface area contributed by atoms with E-state index in [0.29, 0.717) is 34.1 Å². The van der Waals surface area contributed by atoms with Crippen LogP contribution in [0.3, 0.4) is 0 Å². The normalized spacial score (nSPS) is 15.0. The molecule has 0 aliphatic heterocycles. The molecule has 0 radical (unpaired) electrons. The summed E-state index contributed by atoms with van der Waals surface area (Å²) in [5, 5.41) is 9.98. The first-order valence-electron chi connectivity index (χ1n) is 9.48. The molecule has 2 aromatic rings. The summed E-state index contributed by atoms with van der Waals surface area (Å²) in [5.41, 5.74) is 1.83. The maximum atomic E-state index is 13.3. The van der Waals surface area contributed by atoms with E-state index in [-0.39, 0.29) is 10.8 Å². The van der Waals surface area contributed by atoms with Crippen LogP contribution in [-0.4, -0.2) is 29.0 Å². The third-order valence-corrected chi connectivity index (χ3v) is 5.91. The fourth-order valence-corrected chi connectivity index (χ4v) is 4.21. The Balaban J connectivity index is 2.08. The highest BCUT2D eigenvalue weighted by atomic mass is 32.2. The maximum absolute atomic E-state index is 13.3. The Morgan fingerprint density at radius 1 is 1.29 bits per heavy atom. The van der Waals surface area contributed by atoms with Crippen molar-refractivity contribution in [1.82, 2.24) is 9.55 Å². The molecule has 0 saturated carbocycles. The smallest absolute Gasteiger partial charge is 0.262 e. The standard InChI is InChI=1S/C21H25N3O3S/c1-14(13-22)28-21-23-17-12-19(27-3)18(26-2)11-16(17)20(25)24(21)10-9-15-7-5-4-6-8-15/h7,11-12,14H,4-6,8-10H2,1-3H3/t14-/m1/s1. The van der Waals surface area contributed by atoms with Gasteiger partial charge in [0.25, 0.3) is 5.56 Å². The van der Waals surface area contributed by atoms with Crippen molar-refractivity contribution in [2.45, 2.75) is 56.0 Å². The van der Waals surface area contributed by atoms with Crippen LogP contribution in [0.25, 0.3) is 10.9 Å². The molecule has 1 heterocycles. The van der Waals surface area contributed by atoms with E-state index in [1.807, 2.05) is 6.92 Å². The number of allylic oxidation sites excluding steroid dienone is 2. The van der Waals surface area contributed by atoms with Crippen molar-refractivity contribution < 1.29 is 9.47 Å². The van der Waals surface area contributed by atoms with Crippen molar-refractivity contribution in [1.29, 1.82) is 5.26 Å². The highest BCUT2D eigenvalue weighted by Gasteiger charge is 2.17. The molecule has 1 aliphatic carbocycles. The van der Waals surface area contributed by atoms with Crippen molar-refractivity contribution >= 4 is 22.7 Å². The minimum absolute atomic E-state index is 0.116. The monoisotopic (exact) mass is 399 g/mol. The minimum atomic E-state index is -0.301. The predicted octanol–water partition coefficient (Wildman–Crippen LogP) is 4.31. The highest BCUT2D eigenvalue weighted by Crippen LogP contribution is 2.32. The van der Waals surface area contributed by atoms with E-state index in [9.17, 15) is 10.1 Å². The number of thioether (sulfide) groups is 1. The van der Waals surface area contributed by atoms with E-state index in [0.717, 1.165) is 19.3 Å². The van der Waals surface area contributed by atoms with Crippen LogP contribution in [0.5, 0.6) is 11.5 Å². The summed E-state index contributed by atoms with van der Waals surface area (Å²) in [7, 11) is 3.10. The number of fused-ring (bicyclic) bond motifs is 1. The van der Waals surface area contributed by atoms with Crippen molar-refractivity contribution in [3.05, 3.63) is 34.1 Å². The summed E-state index contributed by atoms with van der Waals surface area (Å²) in [5.74, 6) is 1.03. The van der Waals surface area contributed by atoms with E-state index < -0.39 is 0 Å². The van der Waals surface area contributed by atoms with Crippen LogP contribution in [-0.2, 0) is 6.54 Å². The molecule has 0 spiro atoms. The summed E-state index contributed by atoms with van der Waals surface area (Å²) in [6.45, 7) is 2.37. The Kier molecular flexibility index (Phi) is 6.63. The van der Waals surface area contributed by atoms with Gasteiger partial charge >= 0.3 is 0 Å². The molecule has 1 aromatic carbocycles. The fourth-order valence-electron chi connectivity index (χ4n) is 3.39. The average Bonchev–Trinajstić information content (AvgIpc) is 2.73. The number of benzene rings is 1. The zero-order valence-electron chi connectivity index (χ0n) is 16.5. The van der Waals surface area contributed by atoms with Crippen LogP contribution in [0.1, 0.15) is 39.0 Å². The molecule has 0 unspecified atom stereocenters. The second kappa shape index (κ2) is 9.16. The van der Waals surface area contributed by atoms with E-state index in [4.69, 9.17) is 14.5 Å². The Hall–Kier alpha value is -2.46. The third-order valence-electron chi connectivity index (χ3n) is 4.93. The van der Waals surface area contributed by atoms with Crippen LogP contribution in [0.4, 0.5) is 0 Å². The van der Waals surface area contributed by atoms with Gasteiger partial charge in [0.15, 0.2) is 16.7 Å². The van der Waals surface area contributed by atoms with Crippen LogP contribution in [0.15, 0.2) is 33.7 Å². The minimum Gasteiger partial charge on any atom is -0.493 e. The van der Waals surface area contributed by atoms with E-state index >= 15 is 0 Å². The summed E-state index contributed by atoms with van der Waals surface area (Å²) in [4.78, 5) is 18.0. The van der Waals surface area contributed by atoms with E-state index in [1.165, 1.54) is 30.2 Å². The number of methoxy groups -OCH3 is 2. The Morgan fingerprint density at radius 2 is 2.04 bits per heavy atom. The van der Waals surface area contributed by atoms with Crippen molar-refractivity contribution in [3.8, 4) is 17.6 Å². The molecule has 0 N–H and O–H groups in total. The first kappa shape index (κ1) is 20.3. The molecule has 1 atom stereocenters. The summed E-state index contributed by atoms with van der Waals surface area (Å²) >= 11 is 1.31. The molecule has 7 heteroatoms. The van der Waals surface area contributed by atoms with Crippen LogP contribution in [0.2, 0.25) is 0 Å². The Morgan fingerprint density at radius 3 is 2.68 bits per heavy atom. The molecule has 0 fully saturated rings. The lowest BCUT2D eigenvalue weighted by molar-refractivity contribution is 0.355. The number of nitriles is 1. The molecule has 0 saturated heterocycles. The quantitative estimate of drug-likeness (QED) is 0.392. The van der Waals surface area contributed by atoms with Crippen LogP contribution in [0, 0.1) is 11.3 Å². The van der Waals surface area contributed by atoms with Gasteiger partial charge in [0.05, 0.1) is 36.4 Å². The lowest BCUT2D eigenvalue weighted by Gasteiger charge is -2.17. The fraction of sp³-hybridized carbons (Fsp3) is 0.476. The van der Waals surface area contributed by atoms with E-state index in [2.05, 4.69) is 12.1 Å². The number of hydrogen-bond acceptors (Lipinski definition) is 6. The summed E-state index contributed by atoms with van der Waals surface area (Å²) in [6.07, 6.45) is 7.78. The second-order valence-corrected chi connectivity index (χ2v) is 8.13. The van der Waals surface area contributed by atoms with Gasteiger partial charge in [-0.1, -0.05) is 23.4 Å². The number of aromatic nitrogens is 2. The molecular weight excluding hydrogens is 374 g/mol. The van der Waals surface area contributed by atoms with E-state index in [1.54, 1.807) is 30.9 Å². The largest absolute Gasteiger partial charge is 0.493 e. The van der Waals surface area contributed by atoms with Crippen LogP contribution >= 0.6 is 11.8 Å². The maximum Gasteiger partial charge on any atom is 0.262 e. The first-order chi connectivity index (χ1) is 13.6. The molecular formula is C21H25N3O3S. The predicted molar refractivity (Wildman–Crippen MR) is 111 cm³/mol. The van der Waals surface area contributed by atoms with Gasteiger partial charge in [-0.05, 0) is 45.1 Å². The third kappa shape index (κ3) is 4.33. The average molecular weight is 400 g/mol. The van der Waals surface area contributed by atoms with Gasteiger partial charge in [-0.25, -0.2) is 4.98 Å². The SMILES string of the molecule is COc1cc2nc(S[C@H](C)C#N)n(CCC3=CCCCC3)c(=O)c2cc1OC. The van der Waals surface area contributed by atoms with Gasteiger partial charge in [-0.15, -0.1) is 0 Å². The molecule has 3 rings (SSSR count). The van der Waals surface area contributed by atoms with Gasteiger partial charge in [-0.2, -0.15) is 5.26 Å². The molecule has 1 aliphatic rings. The second-order valence-electron chi connectivity index (χ2n) is 6.82. The molecule has 148 valence electrons. The Labute approximate surface area is 169 Å². The van der Waals surface area contributed by atoms with Crippen molar-refractivity contribution in [3.63, 3.8) is 0 Å². The number of ether oxygens (including phenoxy) is 2. The first-order valence-corrected chi connectivity index (χ1v) is 10.4. The van der Waals surface area contributed by atoms with Gasteiger partial charge in [0.1, 0.15) is 0 Å². The summed E-state index contributed by atoms with van der Waals surface area (Å²) in [6, 6.07) is 5.60. The number of hydrogen-bond donors (Lipinski definition) is 0. The van der Waals surface area contributed by atoms with Gasteiger partial charge in [0.2, 0.25) is 0 Å². The highest BCUT2D eigenvalue weighted by molar-refractivity contribution is 8.00.